The maximum absolute atomic E-state index is 13.6. The molecule has 5 nitrogen and oxygen atoms in total. The van der Waals surface area contributed by atoms with E-state index in [2.05, 4.69) is 15.5 Å². The standard InChI is InChI=1S/C21H15F2N3O2S/c1-11-17(19(26-28-11)13-6-4-3-5-7-13)20(27)25-21-24-18(12(2)29-21)14-8-9-15(22)16(23)10-14/h3-10H,1-2H3,(H,24,25,27). The number of rotatable bonds is 4. The van der Waals surface area contributed by atoms with Crippen molar-refractivity contribution in [2.75, 3.05) is 5.32 Å². The number of hydrogen-bond acceptors (Lipinski definition) is 5. The number of benzene rings is 2. The number of carbonyl (C=O) groups is 1. The minimum absolute atomic E-state index is 0.318. The van der Waals surface area contributed by atoms with Crippen LogP contribution in [0, 0.1) is 25.5 Å². The highest BCUT2D eigenvalue weighted by Crippen LogP contribution is 2.32. The van der Waals surface area contributed by atoms with Gasteiger partial charge in [-0.1, -0.05) is 35.5 Å². The van der Waals surface area contributed by atoms with Gasteiger partial charge in [0.05, 0.1) is 5.69 Å². The molecule has 1 N–H and O–H groups in total. The Kier molecular flexibility index (Phi) is 4.94. The molecule has 2 aromatic heterocycles. The molecule has 4 aromatic rings. The number of anilines is 1. The topological polar surface area (TPSA) is 68.0 Å². The van der Waals surface area contributed by atoms with Gasteiger partial charge in [-0.15, -0.1) is 11.3 Å². The third-order valence-corrected chi connectivity index (χ3v) is 5.23. The second-order valence-corrected chi connectivity index (χ2v) is 7.54. The Labute approximate surface area is 169 Å². The summed E-state index contributed by atoms with van der Waals surface area (Å²) in [5.41, 5.74) is 2.43. The molecule has 2 aromatic carbocycles. The van der Waals surface area contributed by atoms with Crippen LogP contribution in [-0.4, -0.2) is 16.0 Å². The molecule has 8 heteroatoms. The molecule has 0 aliphatic rings. The zero-order valence-electron chi connectivity index (χ0n) is 15.5. The van der Waals surface area contributed by atoms with Gasteiger partial charge in [0.1, 0.15) is 17.0 Å². The van der Waals surface area contributed by atoms with Gasteiger partial charge >= 0.3 is 0 Å². The minimum atomic E-state index is -0.951. The Morgan fingerprint density at radius 3 is 2.48 bits per heavy atom. The van der Waals surface area contributed by atoms with Crippen molar-refractivity contribution in [3.05, 3.63) is 76.4 Å². The molecule has 4 rings (SSSR count). The van der Waals surface area contributed by atoms with Crippen LogP contribution in [-0.2, 0) is 0 Å². The van der Waals surface area contributed by atoms with E-state index >= 15 is 0 Å². The number of hydrogen-bond donors (Lipinski definition) is 1. The Bertz CT molecular complexity index is 1200. The lowest BCUT2D eigenvalue weighted by Gasteiger charge is -2.03. The quantitative estimate of drug-likeness (QED) is 0.474. The van der Waals surface area contributed by atoms with Crippen LogP contribution in [0.25, 0.3) is 22.5 Å². The fourth-order valence-electron chi connectivity index (χ4n) is 2.95. The van der Waals surface area contributed by atoms with Crippen LogP contribution in [0.3, 0.4) is 0 Å². The number of carbonyl (C=O) groups excluding carboxylic acids is 1. The van der Waals surface area contributed by atoms with Crippen molar-refractivity contribution in [2.24, 2.45) is 0 Å². The van der Waals surface area contributed by atoms with Crippen LogP contribution in [0.1, 0.15) is 21.0 Å². The van der Waals surface area contributed by atoms with E-state index in [9.17, 15) is 13.6 Å². The van der Waals surface area contributed by atoms with E-state index < -0.39 is 17.5 Å². The lowest BCUT2D eigenvalue weighted by molar-refractivity contribution is 0.102. The molecule has 29 heavy (non-hydrogen) atoms. The van der Waals surface area contributed by atoms with Crippen molar-refractivity contribution >= 4 is 22.4 Å². The highest BCUT2D eigenvalue weighted by Gasteiger charge is 2.23. The van der Waals surface area contributed by atoms with Crippen molar-refractivity contribution in [3.8, 4) is 22.5 Å². The van der Waals surface area contributed by atoms with Gasteiger partial charge in [-0.2, -0.15) is 0 Å². The normalized spacial score (nSPS) is 10.9. The van der Waals surface area contributed by atoms with E-state index in [1.807, 2.05) is 30.3 Å². The first-order valence-corrected chi connectivity index (χ1v) is 9.51. The predicted octanol–water partition coefficient (Wildman–Crippen LogP) is 5.61. The van der Waals surface area contributed by atoms with Crippen molar-refractivity contribution in [1.29, 1.82) is 0 Å². The van der Waals surface area contributed by atoms with E-state index in [0.717, 1.165) is 22.6 Å². The summed E-state index contributed by atoms with van der Waals surface area (Å²) >= 11 is 1.24. The summed E-state index contributed by atoms with van der Waals surface area (Å²) in [4.78, 5) is 18.0. The van der Waals surface area contributed by atoms with E-state index in [4.69, 9.17) is 4.52 Å². The van der Waals surface area contributed by atoms with Crippen molar-refractivity contribution in [3.63, 3.8) is 0 Å². The zero-order chi connectivity index (χ0) is 20.5. The van der Waals surface area contributed by atoms with E-state index in [0.29, 0.717) is 33.4 Å². The van der Waals surface area contributed by atoms with Crippen LogP contribution in [0.15, 0.2) is 53.1 Å². The maximum Gasteiger partial charge on any atom is 0.263 e. The first kappa shape index (κ1) is 18.9. The summed E-state index contributed by atoms with van der Waals surface area (Å²) in [5.74, 6) is -1.90. The fraction of sp³-hybridized carbons (Fsp3) is 0.0952. The molecule has 0 spiro atoms. The Hall–Kier alpha value is -3.39. The number of halogens is 2. The van der Waals surface area contributed by atoms with Gasteiger partial charge in [0.2, 0.25) is 0 Å². The molecule has 0 saturated carbocycles. The molecule has 1 amide bonds. The number of amides is 1. The summed E-state index contributed by atoms with van der Waals surface area (Å²) in [6.45, 7) is 3.46. The molecule has 0 radical (unpaired) electrons. The lowest BCUT2D eigenvalue weighted by atomic mass is 10.1. The molecule has 0 saturated heterocycles. The van der Waals surface area contributed by atoms with Crippen LogP contribution < -0.4 is 5.32 Å². The van der Waals surface area contributed by atoms with Gasteiger partial charge in [0.15, 0.2) is 16.8 Å². The number of nitrogens with zero attached hydrogens (tertiary/aromatic N) is 2. The maximum atomic E-state index is 13.6. The third-order valence-electron chi connectivity index (χ3n) is 4.35. The molecule has 146 valence electrons. The largest absolute Gasteiger partial charge is 0.360 e. The van der Waals surface area contributed by atoms with E-state index in [1.165, 1.54) is 17.4 Å². The summed E-state index contributed by atoms with van der Waals surface area (Å²) in [6.07, 6.45) is 0. The van der Waals surface area contributed by atoms with Crippen LogP contribution in [0.5, 0.6) is 0 Å². The first-order chi connectivity index (χ1) is 13.9. The second-order valence-electron chi connectivity index (χ2n) is 6.34. The molecular weight excluding hydrogens is 396 g/mol. The first-order valence-electron chi connectivity index (χ1n) is 8.70. The number of nitrogens with one attached hydrogen (secondary N) is 1. The molecule has 0 unspecified atom stereocenters. The predicted molar refractivity (Wildman–Crippen MR) is 107 cm³/mol. The van der Waals surface area contributed by atoms with Crippen molar-refractivity contribution in [1.82, 2.24) is 10.1 Å². The van der Waals surface area contributed by atoms with Crippen molar-refractivity contribution < 1.29 is 18.1 Å². The number of aromatic nitrogens is 2. The van der Waals surface area contributed by atoms with E-state index in [-0.39, 0.29) is 0 Å². The summed E-state index contributed by atoms with van der Waals surface area (Å²) in [6, 6.07) is 12.8. The smallest absolute Gasteiger partial charge is 0.263 e. The van der Waals surface area contributed by atoms with Crippen molar-refractivity contribution in [2.45, 2.75) is 13.8 Å². The van der Waals surface area contributed by atoms with Gasteiger partial charge < -0.3 is 4.52 Å². The highest BCUT2D eigenvalue weighted by atomic mass is 32.1. The van der Waals surface area contributed by atoms with Crippen LogP contribution >= 0.6 is 11.3 Å². The summed E-state index contributed by atoms with van der Waals surface area (Å²) in [5, 5.41) is 7.10. The van der Waals surface area contributed by atoms with Crippen LogP contribution in [0.4, 0.5) is 13.9 Å². The average molecular weight is 411 g/mol. The minimum Gasteiger partial charge on any atom is -0.360 e. The lowest BCUT2D eigenvalue weighted by Crippen LogP contribution is -2.13. The summed E-state index contributed by atoms with van der Waals surface area (Å²) in [7, 11) is 0. The van der Waals surface area contributed by atoms with Crippen LogP contribution in [0.2, 0.25) is 0 Å². The van der Waals surface area contributed by atoms with Gasteiger partial charge in [-0.05, 0) is 32.0 Å². The molecule has 0 atom stereocenters. The second kappa shape index (κ2) is 7.56. The molecule has 0 aliphatic heterocycles. The number of aryl methyl sites for hydroxylation is 2. The summed E-state index contributed by atoms with van der Waals surface area (Å²) < 4.78 is 32.0. The molecule has 0 aliphatic carbocycles. The Morgan fingerprint density at radius 2 is 1.76 bits per heavy atom. The average Bonchev–Trinajstić information content (AvgIpc) is 3.27. The zero-order valence-corrected chi connectivity index (χ0v) is 16.3. The molecule has 0 fully saturated rings. The Morgan fingerprint density at radius 1 is 1.00 bits per heavy atom. The fourth-order valence-corrected chi connectivity index (χ4v) is 3.78. The Balaban J connectivity index is 1.64. The van der Waals surface area contributed by atoms with Gasteiger partial charge in [-0.25, -0.2) is 13.8 Å². The molecular formula is C21H15F2N3O2S. The van der Waals surface area contributed by atoms with Gasteiger partial charge in [0.25, 0.3) is 5.91 Å². The van der Waals surface area contributed by atoms with Gasteiger partial charge in [-0.3, -0.25) is 10.1 Å². The third kappa shape index (κ3) is 3.66. The SMILES string of the molecule is Cc1onc(-c2ccccc2)c1C(=O)Nc1nc(-c2ccc(F)c(F)c2)c(C)s1. The molecule has 0 bridgehead atoms. The monoisotopic (exact) mass is 411 g/mol. The van der Waals surface area contributed by atoms with Gasteiger partial charge in [0, 0.05) is 16.0 Å². The highest BCUT2D eigenvalue weighted by molar-refractivity contribution is 7.16. The molecule has 2 heterocycles. The van der Waals surface area contributed by atoms with E-state index in [1.54, 1.807) is 13.8 Å². The number of thiazole rings is 1.